The highest BCUT2D eigenvalue weighted by molar-refractivity contribution is 6.31. The Balaban J connectivity index is 2.14. The Labute approximate surface area is 84.1 Å². The van der Waals surface area contributed by atoms with Crippen LogP contribution in [-0.4, -0.2) is 6.04 Å². The maximum atomic E-state index is 6.02. The molecule has 0 spiro atoms. The van der Waals surface area contributed by atoms with Crippen molar-refractivity contribution in [3.8, 4) is 0 Å². The lowest BCUT2D eigenvalue weighted by molar-refractivity contribution is 0.445. The molecule has 0 bridgehead atoms. The third-order valence-corrected chi connectivity index (χ3v) is 3.14. The molecule has 1 nitrogen and oxygen atoms in total. The largest absolute Gasteiger partial charge is 0.382 e. The number of anilines is 1. The molecule has 70 valence electrons. The normalized spacial score (nSPS) is 16.8. The van der Waals surface area contributed by atoms with Gasteiger partial charge >= 0.3 is 0 Å². The van der Waals surface area contributed by atoms with Crippen molar-refractivity contribution in [3.63, 3.8) is 0 Å². The Morgan fingerprint density at radius 2 is 2.15 bits per heavy atom. The molecular formula is C11H14ClN. The van der Waals surface area contributed by atoms with Crippen LogP contribution in [0.1, 0.15) is 24.8 Å². The number of hydrogen-bond donors (Lipinski definition) is 1. The molecule has 0 atom stereocenters. The first-order valence-electron chi connectivity index (χ1n) is 4.79. The lowest BCUT2D eigenvalue weighted by atomic mass is 9.92. The van der Waals surface area contributed by atoms with E-state index in [9.17, 15) is 0 Å². The quantitative estimate of drug-likeness (QED) is 0.760. The number of nitrogens with one attached hydrogen (secondary N) is 1. The predicted molar refractivity (Wildman–Crippen MR) is 57.5 cm³/mol. The molecule has 0 amide bonds. The fourth-order valence-corrected chi connectivity index (χ4v) is 1.71. The van der Waals surface area contributed by atoms with Gasteiger partial charge in [-0.3, -0.25) is 0 Å². The van der Waals surface area contributed by atoms with E-state index in [4.69, 9.17) is 11.6 Å². The summed E-state index contributed by atoms with van der Waals surface area (Å²) in [6, 6.07) is 6.70. The van der Waals surface area contributed by atoms with Gasteiger partial charge in [0.15, 0.2) is 0 Å². The van der Waals surface area contributed by atoms with Crippen molar-refractivity contribution in [2.45, 2.75) is 32.2 Å². The highest BCUT2D eigenvalue weighted by atomic mass is 35.5. The van der Waals surface area contributed by atoms with Crippen LogP contribution in [0.25, 0.3) is 0 Å². The minimum atomic E-state index is 0.678. The number of rotatable bonds is 2. The summed E-state index contributed by atoms with van der Waals surface area (Å²) in [7, 11) is 0. The number of halogens is 1. The lowest BCUT2D eigenvalue weighted by Crippen LogP contribution is -2.27. The minimum absolute atomic E-state index is 0.678. The zero-order chi connectivity index (χ0) is 9.26. The van der Waals surface area contributed by atoms with Crippen molar-refractivity contribution in [3.05, 3.63) is 28.8 Å². The zero-order valence-electron chi connectivity index (χ0n) is 7.81. The standard InChI is InChI=1S/C11H14ClN/c1-8-10(12)6-3-7-11(8)13-9-4-2-5-9/h3,6-7,9,13H,2,4-5H2,1H3. The molecule has 1 saturated carbocycles. The van der Waals surface area contributed by atoms with Crippen molar-refractivity contribution in [1.82, 2.24) is 0 Å². The van der Waals surface area contributed by atoms with Crippen LogP contribution in [0.4, 0.5) is 5.69 Å². The number of benzene rings is 1. The van der Waals surface area contributed by atoms with Gasteiger partial charge in [-0.25, -0.2) is 0 Å². The van der Waals surface area contributed by atoms with Crippen LogP contribution in [0.5, 0.6) is 0 Å². The third-order valence-electron chi connectivity index (χ3n) is 2.73. The van der Waals surface area contributed by atoms with Gasteiger partial charge in [-0.05, 0) is 43.9 Å². The molecule has 0 aromatic heterocycles. The van der Waals surface area contributed by atoms with Gasteiger partial charge < -0.3 is 5.32 Å². The molecule has 1 aromatic rings. The van der Waals surface area contributed by atoms with Crippen molar-refractivity contribution in [2.24, 2.45) is 0 Å². The molecule has 0 unspecified atom stereocenters. The van der Waals surface area contributed by atoms with Crippen molar-refractivity contribution in [1.29, 1.82) is 0 Å². The summed E-state index contributed by atoms with van der Waals surface area (Å²) in [5.74, 6) is 0. The highest BCUT2D eigenvalue weighted by Crippen LogP contribution is 2.28. The van der Waals surface area contributed by atoms with Crippen LogP contribution < -0.4 is 5.32 Å². The molecule has 13 heavy (non-hydrogen) atoms. The van der Waals surface area contributed by atoms with Gasteiger partial charge in [0.1, 0.15) is 0 Å². The molecule has 2 heteroatoms. The van der Waals surface area contributed by atoms with Gasteiger partial charge in [-0.15, -0.1) is 0 Å². The Kier molecular flexibility index (Phi) is 2.45. The van der Waals surface area contributed by atoms with Crippen molar-refractivity contribution in [2.75, 3.05) is 5.32 Å². The summed E-state index contributed by atoms with van der Waals surface area (Å²) in [6.45, 7) is 2.06. The van der Waals surface area contributed by atoms with E-state index in [1.54, 1.807) is 0 Å². The van der Waals surface area contributed by atoms with E-state index in [1.165, 1.54) is 24.9 Å². The van der Waals surface area contributed by atoms with E-state index in [-0.39, 0.29) is 0 Å². The molecule has 1 aliphatic rings. The van der Waals surface area contributed by atoms with Crippen molar-refractivity contribution < 1.29 is 0 Å². The minimum Gasteiger partial charge on any atom is -0.382 e. The van der Waals surface area contributed by atoms with Crippen LogP contribution >= 0.6 is 11.6 Å². The maximum absolute atomic E-state index is 6.02. The molecule has 1 N–H and O–H groups in total. The van der Waals surface area contributed by atoms with Gasteiger partial charge in [-0.1, -0.05) is 17.7 Å². The Morgan fingerprint density at radius 3 is 2.77 bits per heavy atom. The van der Waals surface area contributed by atoms with Gasteiger partial charge in [0.2, 0.25) is 0 Å². The van der Waals surface area contributed by atoms with Gasteiger partial charge in [0.05, 0.1) is 0 Å². The Hall–Kier alpha value is -0.690. The first-order valence-corrected chi connectivity index (χ1v) is 5.17. The van der Waals surface area contributed by atoms with Crippen LogP contribution in [0.2, 0.25) is 5.02 Å². The molecular weight excluding hydrogens is 182 g/mol. The second kappa shape index (κ2) is 3.59. The van der Waals surface area contributed by atoms with E-state index in [0.29, 0.717) is 6.04 Å². The summed E-state index contributed by atoms with van der Waals surface area (Å²) in [5, 5.41) is 4.35. The third kappa shape index (κ3) is 1.80. The van der Waals surface area contributed by atoms with E-state index in [1.807, 2.05) is 12.1 Å². The van der Waals surface area contributed by atoms with Crippen molar-refractivity contribution >= 4 is 17.3 Å². The monoisotopic (exact) mass is 195 g/mol. The van der Waals surface area contributed by atoms with E-state index in [0.717, 1.165) is 10.6 Å². The van der Waals surface area contributed by atoms with E-state index in [2.05, 4.69) is 18.3 Å². The summed E-state index contributed by atoms with van der Waals surface area (Å²) in [4.78, 5) is 0. The second-order valence-corrected chi connectivity index (χ2v) is 4.09. The van der Waals surface area contributed by atoms with Crippen LogP contribution in [-0.2, 0) is 0 Å². The Bertz CT molecular complexity index is 305. The maximum Gasteiger partial charge on any atom is 0.0455 e. The molecule has 0 saturated heterocycles. The molecule has 0 radical (unpaired) electrons. The molecule has 1 fully saturated rings. The zero-order valence-corrected chi connectivity index (χ0v) is 8.56. The smallest absolute Gasteiger partial charge is 0.0455 e. The second-order valence-electron chi connectivity index (χ2n) is 3.68. The average Bonchev–Trinajstić information content (AvgIpc) is 2.04. The first kappa shape index (κ1) is 8.89. The predicted octanol–water partition coefficient (Wildman–Crippen LogP) is 3.61. The topological polar surface area (TPSA) is 12.0 Å². The molecule has 2 rings (SSSR count). The van der Waals surface area contributed by atoms with Gasteiger partial charge in [0, 0.05) is 16.8 Å². The average molecular weight is 196 g/mol. The highest BCUT2D eigenvalue weighted by Gasteiger charge is 2.17. The van der Waals surface area contributed by atoms with Crippen LogP contribution in [0.15, 0.2) is 18.2 Å². The van der Waals surface area contributed by atoms with Gasteiger partial charge in [-0.2, -0.15) is 0 Å². The summed E-state index contributed by atoms with van der Waals surface area (Å²) >= 11 is 6.02. The fraction of sp³-hybridized carbons (Fsp3) is 0.455. The van der Waals surface area contributed by atoms with Crippen LogP contribution in [0, 0.1) is 6.92 Å². The molecule has 0 aliphatic heterocycles. The van der Waals surface area contributed by atoms with E-state index >= 15 is 0 Å². The number of hydrogen-bond acceptors (Lipinski definition) is 1. The fourth-order valence-electron chi connectivity index (χ4n) is 1.54. The first-order chi connectivity index (χ1) is 6.27. The SMILES string of the molecule is Cc1c(Cl)cccc1NC1CCC1. The lowest BCUT2D eigenvalue weighted by Gasteiger charge is -2.28. The Morgan fingerprint density at radius 1 is 1.38 bits per heavy atom. The van der Waals surface area contributed by atoms with Gasteiger partial charge in [0.25, 0.3) is 0 Å². The molecule has 1 aromatic carbocycles. The summed E-state index contributed by atoms with van der Waals surface area (Å²) in [6.07, 6.45) is 3.95. The molecule has 0 heterocycles. The van der Waals surface area contributed by atoms with Crippen LogP contribution in [0.3, 0.4) is 0 Å². The molecule has 1 aliphatic carbocycles. The summed E-state index contributed by atoms with van der Waals surface area (Å²) < 4.78 is 0. The summed E-state index contributed by atoms with van der Waals surface area (Å²) in [5.41, 5.74) is 2.35. The van der Waals surface area contributed by atoms with E-state index < -0.39 is 0 Å².